The van der Waals surface area contributed by atoms with E-state index in [2.05, 4.69) is 21.2 Å². The monoisotopic (exact) mass is 393 g/mol. The molecule has 0 aromatic heterocycles. The van der Waals surface area contributed by atoms with Crippen molar-refractivity contribution in [1.82, 2.24) is 5.43 Å². The highest BCUT2D eigenvalue weighted by molar-refractivity contribution is 6.39. The smallest absolute Gasteiger partial charge is 0.329 e. The van der Waals surface area contributed by atoms with Gasteiger partial charge in [0.25, 0.3) is 0 Å². The zero-order valence-corrected chi connectivity index (χ0v) is 15.9. The van der Waals surface area contributed by atoms with E-state index in [1.165, 1.54) is 14.0 Å². The molecule has 0 bridgehead atoms. The molecule has 29 heavy (non-hydrogen) atoms. The van der Waals surface area contributed by atoms with Gasteiger partial charge in [-0.1, -0.05) is 18.2 Å². The largest absolute Gasteiger partial charge is 0.497 e. The van der Waals surface area contributed by atoms with Crippen molar-refractivity contribution in [2.45, 2.75) is 13.3 Å². The van der Waals surface area contributed by atoms with E-state index in [9.17, 15) is 14.4 Å². The summed E-state index contributed by atoms with van der Waals surface area (Å²) in [7, 11) is 1.49. The predicted molar refractivity (Wildman–Crippen MR) is 107 cm³/mol. The molecular formula is C20H19N5O4. The van der Waals surface area contributed by atoms with Gasteiger partial charge in [-0.3, -0.25) is 14.4 Å². The Kier molecular flexibility index (Phi) is 7.44. The minimum absolute atomic E-state index is 0.127. The Morgan fingerprint density at radius 2 is 1.83 bits per heavy atom. The molecule has 2 rings (SSSR count). The number of hydrogen-bond acceptors (Lipinski definition) is 6. The molecule has 0 aliphatic heterocycles. The topological polar surface area (TPSA) is 133 Å². The highest BCUT2D eigenvalue weighted by atomic mass is 16.5. The molecule has 3 N–H and O–H groups in total. The molecule has 0 heterocycles. The highest BCUT2D eigenvalue weighted by Crippen LogP contribution is 2.16. The van der Waals surface area contributed by atoms with E-state index >= 15 is 0 Å². The van der Waals surface area contributed by atoms with Gasteiger partial charge in [-0.2, -0.15) is 10.4 Å². The normalized spacial score (nSPS) is 10.4. The standard InChI is InChI=1S/C20H19N5O4/c1-13(10-18(26)23-17-9-4-3-6-14(17)12-21)24-25-20(28)19(27)22-15-7-5-8-16(11-15)29-2/h3-9,11H,10H2,1-2H3,(H,22,27)(H,23,26)(H,25,28)/b24-13-. The quantitative estimate of drug-likeness (QED) is 0.392. The average Bonchev–Trinajstić information content (AvgIpc) is 2.72. The minimum atomic E-state index is -0.984. The van der Waals surface area contributed by atoms with Gasteiger partial charge >= 0.3 is 11.8 Å². The Morgan fingerprint density at radius 3 is 2.55 bits per heavy atom. The SMILES string of the molecule is COc1cccc(NC(=O)C(=O)N/N=C(/C)CC(=O)Nc2ccccc2C#N)c1. The van der Waals surface area contributed by atoms with Gasteiger partial charge in [0, 0.05) is 17.5 Å². The number of hydrogen-bond donors (Lipinski definition) is 3. The van der Waals surface area contributed by atoms with Crippen LogP contribution in [0.3, 0.4) is 0 Å². The van der Waals surface area contributed by atoms with Crippen LogP contribution in [-0.4, -0.2) is 30.5 Å². The average molecular weight is 393 g/mol. The number of nitrogens with zero attached hydrogens (tertiary/aromatic N) is 2. The lowest BCUT2D eigenvalue weighted by Gasteiger charge is -2.07. The molecule has 0 unspecified atom stereocenters. The number of ether oxygens (including phenoxy) is 1. The molecule has 9 heteroatoms. The van der Waals surface area contributed by atoms with Gasteiger partial charge < -0.3 is 15.4 Å². The van der Waals surface area contributed by atoms with Crippen LogP contribution in [0.4, 0.5) is 11.4 Å². The molecule has 0 fully saturated rings. The van der Waals surface area contributed by atoms with Crippen molar-refractivity contribution in [3.05, 3.63) is 54.1 Å². The molecule has 0 aliphatic carbocycles. The Balaban J connectivity index is 1.87. The Bertz CT molecular complexity index is 994. The second-order valence-corrected chi connectivity index (χ2v) is 5.86. The van der Waals surface area contributed by atoms with Gasteiger partial charge in [-0.15, -0.1) is 0 Å². The number of nitrogens with one attached hydrogen (secondary N) is 3. The third-order valence-electron chi connectivity index (χ3n) is 3.62. The molecule has 0 saturated carbocycles. The Hall–Kier alpha value is -4.19. The van der Waals surface area contributed by atoms with Gasteiger partial charge in [0.15, 0.2) is 0 Å². The molecule has 3 amide bonds. The van der Waals surface area contributed by atoms with Crippen LogP contribution >= 0.6 is 0 Å². The van der Waals surface area contributed by atoms with E-state index in [1.807, 2.05) is 6.07 Å². The van der Waals surface area contributed by atoms with Crippen LogP contribution in [0.5, 0.6) is 5.75 Å². The van der Waals surface area contributed by atoms with Crippen molar-refractivity contribution < 1.29 is 19.1 Å². The zero-order valence-electron chi connectivity index (χ0n) is 15.9. The van der Waals surface area contributed by atoms with E-state index in [0.717, 1.165) is 0 Å². The molecule has 2 aromatic carbocycles. The summed E-state index contributed by atoms with van der Waals surface area (Å²) >= 11 is 0. The van der Waals surface area contributed by atoms with Crippen LogP contribution in [0.25, 0.3) is 0 Å². The van der Waals surface area contributed by atoms with Crippen LogP contribution in [0.1, 0.15) is 18.9 Å². The lowest BCUT2D eigenvalue weighted by molar-refractivity contribution is -0.136. The van der Waals surface area contributed by atoms with Crippen molar-refractivity contribution in [1.29, 1.82) is 5.26 Å². The van der Waals surface area contributed by atoms with E-state index in [1.54, 1.807) is 48.5 Å². The second-order valence-electron chi connectivity index (χ2n) is 5.86. The van der Waals surface area contributed by atoms with Crippen molar-refractivity contribution in [3.63, 3.8) is 0 Å². The highest BCUT2D eigenvalue weighted by Gasteiger charge is 2.14. The van der Waals surface area contributed by atoms with Gasteiger partial charge in [-0.05, 0) is 31.2 Å². The first kappa shape index (κ1) is 21.1. The number of carbonyl (C=O) groups excluding carboxylic acids is 3. The van der Waals surface area contributed by atoms with E-state index in [0.29, 0.717) is 22.7 Å². The minimum Gasteiger partial charge on any atom is -0.497 e. The van der Waals surface area contributed by atoms with Gasteiger partial charge in [0.2, 0.25) is 5.91 Å². The summed E-state index contributed by atoms with van der Waals surface area (Å²) < 4.78 is 5.04. The first-order chi connectivity index (χ1) is 13.9. The van der Waals surface area contributed by atoms with Gasteiger partial charge in [-0.25, -0.2) is 5.43 Å². The number of rotatable bonds is 6. The van der Waals surface area contributed by atoms with Crippen molar-refractivity contribution >= 4 is 34.8 Å². The van der Waals surface area contributed by atoms with E-state index in [-0.39, 0.29) is 12.1 Å². The number of benzene rings is 2. The fourth-order valence-corrected chi connectivity index (χ4v) is 2.24. The van der Waals surface area contributed by atoms with E-state index < -0.39 is 17.7 Å². The second kappa shape index (κ2) is 10.2. The first-order valence-electron chi connectivity index (χ1n) is 8.50. The predicted octanol–water partition coefficient (Wildman–Crippen LogP) is 2.03. The number of nitriles is 1. The van der Waals surface area contributed by atoms with Crippen molar-refractivity contribution in [2.24, 2.45) is 5.10 Å². The van der Waals surface area contributed by atoms with Crippen molar-refractivity contribution in [2.75, 3.05) is 17.7 Å². The summed E-state index contributed by atoms with van der Waals surface area (Å²) in [6.45, 7) is 1.52. The summed E-state index contributed by atoms with van der Waals surface area (Å²) in [6.07, 6.45) is -0.127. The Labute approximate surface area is 167 Å². The molecular weight excluding hydrogens is 374 g/mol. The molecule has 9 nitrogen and oxygen atoms in total. The first-order valence-corrected chi connectivity index (χ1v) is 8.50. The van der Waals surface area contributed by atoms with Crippen LogP contribution in [0, 0.1) is 11.3 Å². The molecule has 0 spiro atoms. The number of para-hydroxylation sites is 1. The lowest BCUT2D eigenvalue weighted by atomic mass is 10.2. The number of hydrazone groups is 1. The van der Waals surface area contributed by atoms with Gasteiger partial charge in [0.05, 0.1) is 24.8 Å². The number of methoxy groups -OCH3 is 1. The maximum Gasteiger partial charge on any atom is 0.329 e. The molecule has 0 atom stereocenters. The number of anilines is 2. The van der Waals surface area contributed by atoms with Crippen LogP contribution < -0.4 is 20.8 Å². The third-order valence-corrected chi connectivity index (χ3v) is 3.62. The molecule has 0 saturated heterocycles. The van der Waals surface area contributed by atoms with Crippen LogP contribution in [-0.2, 0) is 14.4 Å². The summed E-state index contributed by atoms with van der Waals surface area (Å²) in [5.74, 6) is -1.78. The number of carbonyl (C=O) groups is 3. The molecule has 0 radical (unpaired) electrons. The van der Waals surface area contributed by atoms with Gasteiger partial charge in [0.1, 0.15) is 11.8 Å². The summed E-state index contributed by atoms with van der Waals surface area (Å²) in [5, 5.41) is 17.8. The maximum absolute atomic E-state index is 12.1. The van der Waals surface area contributed by atoms with Crippen molar-refractivity contribution in [3.8, 4) is 11.8 Å². The Morgan fingerprint density at radius 1 is 1.07 bits per heavy atom. The summed E-state index contributed by atoms with van der Waals surface area (Å²) in [6, 6.07) is 15.1. The van der Waals surface area contributed by atoms with E-state index in [4.69, 9.17) is 10.00 Å². The molecule has 0 aliphatic rings. The summed E-state index contributed by atoms with van der Waals surface area (Å²) in [5.41, 5.74) is 3.48. The van der Waals surface area contributed by atoms with Crippen LogP contribution in [0.2, 0.25) is 0 Å². The molecule has 2 aromatic rings. The van der Waals surface area contributed by atoms with Crippen LogP contribution in [0.15, 0.2) is 53.6 Å². The maximum atomic E-state index is 12.1. The number of amides is 3. The zero-order chi connectivity index (χ0) is 21.2. The molecule has 148 valence electrons. The lowest BCUT2D eigenvalue weighted by Crippen LogP contribution is -2.33. The fraction of sp³-hybridized carbons (Fsp3) is 0.150. The summed E-state index contributed by atoms with van der Waals surface area (Å²) in [4.78, 5) is 35.8. The third kappa shape index (κ3) is 6.48. The fourth-order valence-electron chi connectivity index (χ4n) is 2.24.